The number of nitrogens with zero attached hydrogens (tertiary/aromatic N) is 3. The lowest BCUT2D eigenvalue weighted by Gasteiger charge is -2.45. The molecule has 27 heavy (non-hydrogen) atoms. The molecule has 0 spiro atoms. The molecule has 1 amide bonds. The van der Waals surface area contributed by atoms with Crippen LogP contribution in [0.4, 0.5) is 4.79 Å². The summed E-state index contributed by atoms with van der Waals surface area (Å²) in [5.41, 5.74) is 1.99. The maximum absolute atomic E-state index is 12.5. The lowest BCUT2D eigenvalue weighted by molar-refractivity contribution is -0.0144. The van der Waals surface area contributed by atoms with E-state index < -0.39 is 5.60 Å². The molecule has 1 aliphatic rings. The van der Waals surface area contributed by atoms with Gasteiger partial charge in [0.05, 0.1) is 5.52 Å². The molecule has 0 unspecified atom stereocenters. The maximum atomic E-state index is 12.5. The fourth-order valence-electron chi connectivity index (χ4n) is 3.52. The minimum absolute atomic E-state index is 0.0481. The summed E-state index contributed by atoms with van der Waals surface area (Å²) in [5.74, 6) is -0.352. The summed E-state index contributed by atoms with van der Waals surface area (Å²) >= 11 is 0. The minimum atomic E-state index is -0.494. The molecule has 0 aliphatic carbocycles. The third kappa shape index (κ3) is 4.03. The molecule has 1 fully saturated rings. The molecule has 2 heterocycles. The topological polar surface area (TPSA) is 67.9 Å². The van der Waals surface area contributed by atoms with Gasteiger partial charge in [-0.25, -0.2) is 9.59 Å². The molecule has 0 saturated carbocycles. The summed E-state index contributed by atoms with van der Waals surface area (Å²) in [6.45, 7) is 12.0. The van der Waals surface area contributed by atoms with Gasteiger partial charge in [0.2, 0.25) is 0 Å². The highest BCUT2D eigenvalue weighted by molar-refractivity contribution is 5.73. The van der Waals surface area contributed by atoms with Crippen LogP contribution >= 0.6 is 0 Å². The number of piperazine rings is 1. The zero-order valence-corrected chi connectivity index (χ0v) is 17.0. The van der Waals surface area contributed by atoms with Gasteiger partial charge in [0.15, 0.2) is 5.58 Å². The van der Waals surface area contributed by atoms with Crippen molar-refractivity contribution >= 4 is 17.2 Å². The highest BCUT2D eigenvalue weighted by Gasteiger charge is 2.35. The Morgan fingerprint density at radius 3 is 2.59 bits per heavy atom. The van der Waals surface area contributed by atoms with Crippen molar-refractivity contribution < 1.29 is 13.9 Å². The maximum Gasteiger partial charge on any atom is 0.419 e. The number of oxazole rings is 1. The largest absolute Gasteiger partial charge is 0.444 e. The number of aromatic nitrogens is 1. The van der Waals surface area contributed by atoms with Gasteiger partial charge in [-0.05, 0) is 52.3 Å². The molecular formula is C20H29N3O4. The van der Waals surface area contributed by atoms with E-state index in [4.69, 9.17) is 9.15 Å². The molecule has 7 nitrogen and oxygen atoms in total. The zero-order chi connectivity index (χ0) is 19.9. The molecule has 148 valence electrons. The van der Waals surface area contributed by atoms with Crippen molar-refractivity contribution in [3.63, 3.8) is 0 Å². The van der Waals surface area contributed by atoms with E-state index >= 15 is 0 Å². The summed E-state index contributed by atoms with van der Waals surface area (Å²) in [6, 6.07) is 6.10. The average Bonchev–Trinajstić information content (AvgIpc) is 2.84. The molecule has 0 radical (unpaired) electrons. The number of amides is 1. The number of fused-ring (bicyclic) bond motifs is 1. The second-order valence-corrected chi connectivity index (χ2v) is 8.35. The van der Waals surface area contributed by atoms with Crippen LogP contribution in [0, 0.1) is 0 Å². The molecule has 0 bridgehead atoms. The van der Waals surface area contributed by atoms with E-state index in [1.165, 1.54) is 4.57 Å². The Labute approximate surface area is 159 Å². The van der Waals surface area contributed by atoms with E-state index in [9.17, 15) is 9.59 Å². The van der Waals surface area contributed by atoms with Crippen molar-refractivity contribution in [1.82, 2.24) is 14.4 Å². The number of hydrogen-bond donors (Lipinski definition) is 0. The number of ether oxygens (including phenoxy) is 1. The van der Waals surface area contributed by atoms with Gasteiger partial charge in [-0.3, -0.25) is 9.47 Å². The average molecular weight is 375 g/mol. The SMILES string of the molecule is C[C@@H]1[C@H](C)N(Cc2ccc3c(c2)oc(=O)n3C)CCN1C(=O)OC(C)(C)C. The Morgan fingerprint density at radius 1 is 1.22 bits per heavy atom. The highest BCUT2D eigenvalue weighted by Crippen LogP contribution is 2.23. The van der Waals surface area contributed by atoms with Crippen LogP contribution in [0.15, 0.2) is 27.4 Å². The molecule has 0 N–H and O–H groups in total. The van der Waals surface area contributed by atoms with E-state index in [-0.39, 0.29) is 23.9 Å². The Balaban J connectivity index is 1.71. The number of aryl methyl sites for hydroxylation is 1. The first-order valence-corrected chi connectivity index (χ1v) is 9.39. The first kappa shape index (κ1) is 19.5. The molecule has 1 aliphatic heterocycles. The highest BCUT2D eigenvalue weighted by atomic mass is 16.6. The molecule has 7 heteroatoms. The van der Waals surface area contributed by atoms with Crippen molar-refractivity contribution in [3.8, 4) is 0 Å². The second-order valence-electron chi connectivity index (χ2n) is 8.35. The van der Waals surface area contributed by atoms with Crippen LogP contribution in [0.3, 0.4) is 0 Å². The standard InChI is InChI=1S/C20H29N3O4/c1-13-14(2)23(19(25)27-20(3,4)5)10-9-22(13)12-15-7-8-16-17(11-15)26-18(24)21(16)6/h7-8,11,13-14H,9-10,12H2,1-6H3/t13-,14+/m0/s1. The number of rotatable bonds is 2. The summed E-state index contributed by atoms with van der Waals surface area (Å²) in [5, 5.41) is 0. The smallest absolute Gasteiger partial charge is 0.419 e. The van der Waals surface area contributed by atoms with Gasteiger partial charge in [0, 0.05) is 38.8 Å². The van der Waals surface area contributed by atoms with Crippen molar-refractivity contribution in [3.05, 3.63) is 34.3 Å². The summed E-state index contributed by atoms with van der Waals surface area (Å²) in [6.07, 6.45) is -0.256. The van der Waals surface area contributed by atoms with Crippen molar-refractivity contribution in [2.24, 2.45) is 7.05 Å². The van der Waals surface area contributed by atoms with E-state index in [2.05, 4.69) is 18.7 Å². The fraction of sp³-hybridized carbons (Fsp3) is 0.600. The van der Waals surface area contributed by atoms with Gasteiger partial charge in [0.25, 0.3) is 0 Å². The quantitative estimate of drug-likeness (QED) is 0.807. The van der Waals surface area contributed by atoms with Gasteiger partial charge in [-0.2, -0.15) is 0 Å². The van der Waals surface area contributed by atoms with Crippen LogP contribution < -0.4 is 5.76 Å². The normalized spacial score (nSPS) is 21.6. The molecule has 1 aromatic heterocycles. The van der Waals surface area contributed by atoms with Crippen molar-refractivity contribution in [1.29, 1.82) is 0 Å². The minimum Gasteiger partial charge on any atom is -0.444 e. The number of carbonyl (C=O) groups is 1. The molecular weight excluding hydrogens is 346 g/mol. The summed E-state index contributed by atoms with van der Waals surface area (Å²) in [4.78, 5) is 28.3. The molecule has 3 rings (SSSR count). The van der Waals surface area contributed by atoms with Crippen LogP contribution in [-0.2, 0) is 18.3 Å². The van der Waals surface area contributed by atoms with E-state index in [0.717, 1.165) is 24.2 Å². The third-order valence-electron chi connectivity index (χ3n) is 5.26. The van der Waals surface area contributed by atoms with Crippen LogP contribution in [-0.4, -0.2) is 51.2 Å². The van der Waals surface area contributed by atoms with Crippen LogP contribution in [0.25, 0.3) is 11.1 Å². The molecule has 1 saturated heterocycles. The Bertz CT molecular complexity index is 893. The van der Waals surface area contributed by atoms with Crippen LogP contribution in [0.5, 0.6) is 0 Å². The lowest BCUT2D eigenvalue weighted by Crippen LogP contribution is -2.59. The number of benzene rings is 1. The van der Waals surface area contributed by atoms with Gasteiger partial charge >= 0.3 is 11.8 Å². The second kappa shape index (κ2) is 7.03. The van der Waals surface area contributed by atoms with Gasteiger partial charge in [-0.1, -0.05) is 6.07 Å². The van der Waals surface area contributed by atoms with Gasteiger partial charge in [0.1, 0.15) is 5.60 Å². The van der Waals surface area contributed by atoms with E-state index in [0.29, 0.717) is 12.1 Å². The first-order chi connectivity index (χ1) is 12.6. The Morgan fingerprint density at radius 2 is 1.93 bits per heavy atom. The number of carbonyl (C=O) groups excluding carboxylic acids is 1. The van der Waals surface area contributed by atoms with Crippen LogP contribution in [0.2, 0.25) is 0 Å². The van der Waals surface area contributed by atoms with Gasteiger partial charge < -0.3 is 14.1 Å². The third-order valence-corrected chi connectivity index (χ3v) is 5.26. The van der Waals surface area contributed by atoms with Crippen LogP contribution in [0.1, 0.15) is 40.2 Å². The number of hydrogen-bond acceptors (Lipinski definition) is 5. The van der Waals surface area contributed by atoms with E-state index in [1.54, 1.807) is 7.05 Å². The summed E-state index contributed by atoms with van der Waals surface area (Å²) in [7, 11) is 1.70. The Kier molecular flexibility index (Phi) is 5.08. The predicted molar refractivity (Wildman–Crippen MR) is 104 cm³/mol. The molecule has 2 aromatic rings. The molecule has 1 aromatic carbocycles. The van der Waals surface area contributed by atoms with Crippen molar-refractivity contribution in [2.75, 3.05) is 13.1 Å². The predicted octanol–water partition coefficient (Wildman–Crippen LogP) is 2.96. The van der Waals surface area contributed by atoms with E-state index in [1.807, 2.05) is 43.9 Å². The molecule has 2 atom stereocenters. The zero-order valence-electron chi connectivity index (χ0n) is 17.0. The van der Waals surface area contributed by atoms with Gasteiger partial charge in [-0.15, -0.1) is 0 Å². The Hall–Kier alpha value is -2.28. The summed E-state index contributed by atoms with van der Waals surface area (Å²) < 4.78 is 12.3. The fourth-order valence-corrected chi connectivity index (χ4v) is 3.52. The monoisotopic (exact) mass is 375 g/mol. The van der Waals surface area contributed by atoms with Crippen molar-refractivity contribution in [2.45, 2.75) is 58.8 Å². The first-order valence-electron chi connectivity index (χ1n) is 9.39. The lowest BCUT2D eigenvalue weighted by atomic mass is 10.0.